The maximum absolute atomic E-state index is 13.1. The van der Waals surface area contributed by atoms with E-state index in [-0.39, 0.29) is 5.82 Å². The third kappa shape index (κ3) is 2.36. The standard InChI is InChI=1S/C15H17FN4/c1-20(2)15-18-13-7-8-17-9-12(13)14(19-15)10-3-5-11(16)6-4-10/h3-6,17H,7-9H2,1-2H3. The van der Waals surface area contributed by atoms with Crippen molar-refractivity contribution in [3.8, 4) is 11.3 Å². The lowest BCUT2D eigenvalue weighted by molar-refractivity contribution is 0.625. The third-order valence-corrected chi connectivity index (χ3v) is 3.44. The van der Waals surface area contributed by atoms with Gasteiger partial charge in [0.2, 0.25) is 5.95 Å². The Balaban J connectivity index is 2.17. The molecule has 1 aromatic heterocycles. The van der Waals surface area contributed by atoms with Gasteiger partial charge in [-0.15, -0.1) is 0 Å². The lowest BCUT2D eigenvalue weighted by Crippen LogP contribution is -2.27. The molecule has 20 heavy (non-hydrogen) atoms. The first-order valence-electron chi connectivity index (χ1n) is 6.69. The third-order valence-electron chi connectivity index (χ3n) is 3.44. The number of anilines is 1. The highest BCUT2D eigenvalue weighted by molar-refractivity contribution is 5.65. The fourth-order valence-electron chi connectivity index (χ4n) is 2.38. The Morgan fingerprint density at radius 1 is 1.15 bits per heavy atom. The molecule has 0 radical (unpaired) electrons. The molecule has 0 aliphatic carbocycles. The van der Waals surface area contributed by atoms with Gasteiger partial charge in [0.1, 0.15) is 5.82 Å². The average Bonchev–Trinajstić information content (AvgIpc) is 2.47. The van der Waals surface area contributed by atoms with Gasteiger partial charge >= 0.3 is 0 Å². The van der Waals surface area contributed by atoms with Crippen LogP contribution in [0.4, 0.5) is 10.3 Å². The number of benzene rings is 1. The minimum absolute atomic E-state index is 0.234. The highest BCUT2D eigenvalue weighted by Crippen LogP contribution is 2.27. The monoisotopic (exact) mass is 272 g/mol. The summed E-state index contributed by atoms with van der Waals surface area (Å²) in [7, 11) is 3.86. The van der Waals surface area contributed by atoms with Crippen LogP contribution in [0.25, 0.3) is 11.3 Å². The number of rotatable bonds is 2. The fourth-order valence-corrected chi connectivity index (χ4v) is 2.38. The Labute approximate surface area is 117 Å². The van der Waals surface area contributed by atoms with Crippen molar-refractivity contribution in [2.45, 2.75) is 13.0 Å². The smallest absolute Gasteiger partial charge is 0.225 e. The van der Waals surface area contributed by atoms with Crippen LogP contribution >= 0.6 is 0 Å². The Bertz CT molecular complexity index is 623. The lowest BCUT2D eigenvalue weighted by atomic mass is 10.0. The van der Waals surface area contributed by atoms with Gasteiger partial charge in [-0.05, 0) is 24.3 Å². The molecule has 0 saturated heterocycles. The number of hydrogen-bond donors (Lipinski definition) is 1. The van der Waals surface area contributed by atoms with Crippen molar-refractivity contribution < 1.29 is 4.39 Å². The average molecular weight is 272 g/mol. The number of fused-ring (bicyclic) bond motifs is 1. The van der Waals surface area contributed by atoms with E-state index < -0.39 is 0 Å². The van der Waals surface area contributed by atoms with E-state index in [1.54, 1.807) is 12.1 Å². The predicted octanol–water partition coefficient (Wildman–Crippen LogP) is 1.99. The van der Waals surface area contributed by atoms with Gasteiger partial charge in [-0.3, -0.25) is 0 Å². The van der Waals surface area contributed by atoms with E-state index >= 15 is 0 Å². The molecule has 0 amide bonds. The molecule has 1 aromatic carbocycles. The van der Waals surface area contributed by atoms with Crippen LogP contribution in [0.15, 0.2) is 24.3 Å². The fraction of sp³-hybridized carbons (Fsp3) is 0.333. The van der Waals surface area contributed by atoms with Crippen LogP contribution in [0, 0.1) is 5.82 Å². The Hall–Kier alpha value is -2.01. The normalized spacial score (nSPS) is 13.9. The number of nitrogens with one attached hydrogen (secondary N) is 1. The molecule has 0 saturated carbocycles. The lowest BCUT2D eigenvalue weighted by Gasteiger charge is -2.22. The van der Waals surface area contributed by atoms with Crippen molar-refractivity contribution in [2.75, 3.05) is 25.5 Å². The van der Waals surface area contributed by atoms with E-state index in [1.807, 2.05) is 19.0 Å². The summed E-state index contributed by atoms with van der Waals surface area (Å²) in [6.45, 7) is 1.69. The molecule has 1 aliphatic rings. The first-order valence-corrected chi connectivity index (χ1v) is 6.69. The van der Waals surface area contributed by atoms with Gasteiger partial charge in [0.05, 0.1) is 11.4 Å². The Kier molecular flexibility index (Phi) is 3.36. The summed E-state index contributed by atoms with van der Waals surface area (Å²) in [5.41, 5.74) is 4.03. The van der Waals surface area contributed by atoms with Crippen LogP contribution in [-0.2, 0) is 13.0 Å². The van der Waals surface area contributed by atoms with Crippen molar-refractivity contribution in [3.05, 3.63) is 41.3 Å². The zero-order valence-corrected chi connectivity index (χ0v) is 11.7. The maximum Gasteiger partial charge on any atom is 0.225 e. The molecule has 3 rings (SSSR count). The van der Waals surface area contributed by atoms with Crippen LogP contribution in [0.1, 0.15) is 11.3 Å². The minimum atomic E-state index is -0.234. The zero-order valence-electron chi connectivity index (χ0n) is 11.7. The van der Waals surface area contributed by atoms with Gasteiger partial charge in [0.15, 0.2) is 0 Å². The van der Waals surface area contributed by atoms with Crippen molar-refractivity contribution in [1.82, 2.24) is 15.3 Å². The Morgan fingerprint density at radius 2 is 1.90 bits per heavy atom. The molecule has 0 bridgehead atoms. The quantitative estimate of drug-likeness (QED) is 0.908. The highest BCUT2D eigenvalue weighted by Gasteiger charge is 2.19. The Morgan fingerprint density at radius 3 is 2.60 bits per heavy atom. The maximum atomic E-state index is 13.1. The summed E-state index contributed by atoms with van der Waals surface area (Å²) < 4.78 is 13.1. The molecule has 1 aliphatic heterocycles. The van der Waals surface area contributed by atoms with Gasteiger partial charge in [0, 0.05) is 44.7 Å². The van der Waals surface area contributed by atoms with Gasteiger partial charge in [-0.25, -0.2) is 14.4 Å². The first-order chi connectivity index (χ1) is 9.65. The van der Waals surface area contributed by atoms with E-state index in [0.29, 0.717) is 5.95 Å². The zero-order chi connectivity index (χ0) is 14.1. The van der Waals surface area contributed by atoms with Crippen molar-refractivity contribution >= 4 is 5.95 Å². The first kappa shape index (κ1) is 13.0. The van der Waals surface area contributed by atoms with E-state index in [4.69, 9.17) is 0 Å². The summed E-state index contributed by atoms with van der Waals surface area (Å²) in [6, 6.07) is 6.48. The predicted molar refractivity (Wildman–Crippen MR) is 77.2 cm³/mol. The molecule has 0 spiro atoms. The van der Waals surface area contributed by atoms with E-state index in [1.165, 1.54) is 12.1 Å². The second kappa shape index (κ2) is 5.17. The molecule has 104 valence electrons. The summed E-state index contributed by atoms with van der Waals surface area (Å²) in [6.07, 6.45) is 0.896. The van der Waals surface area contributed by atoms with Gasteiger partial charge < -0.3 is 10.2 Å². The van der Waals surface area contributed by atoms with Crippen LogP contribution in [-0.4, -0.2) is 30.6 Å². The summed E-state index contributed by atoms with van der Waals surface area (Å²) in [5.74, 6) is 0.465. The van der Waals surface area contributed by atoms with Gasteiger partial charge in [-0.1, -0.05) is 0 Å². The molecule has 0 atom stereocenters. The van der Waals surface area contributed by atoms with Crippen LogP contribution in [0.3, 0.4) is 0 Å². The van der Waals surface area contributed by atoms with E-state index in [9.17, 15) is 4.39 Å². The van der Waals surface area contributed by atoms with Crippen molar-refractivity contribution in [1.29, 1.82) is 0 Å². The molecule has 5 heteroatoms. The van der Waals surface area contributed by atoms with Gasteiger partial charge in [-0.2, -0.15) is 0 Å². The molecule has 0 unspecified atom stereocenters. The molecule has 4 nitrogen and oxygen atoms in total. The van der Waals surface area contributed by atoms with Crippen LogP contribution in [0.2, 0.25) is 0 Å². The van der Waals surface area contributed by atoms with Crippen molar-refractivity contribution in [3.63, 3.8) is 0 Å². The SMILES string of the molecule is CN(C)c1nc2c(c(-c3ccc(F)cc3)n1)CNCC2. The summed E-state index contributed by atoms with van der Waals surface area (Å²) in [5, 5.41) is 3.34. The number of hydrogen-bond acceptors (Lipinski definition) is 4. The van der Waals surface area contributed by atoms with E-state index in [2.05, 4.69) is 15.3 Å². The van der Waals surface area contributed by atoms with Crippen LogP contribution in [0.5, 0.6) is 0 Å². The van der Waals surface area contributed by atoms with Gasteiger partial charge in [0.25, 0.3) is 0 Å². The molecule has 2 aromatic rings. The second-order valence-corrected chi connectivity index (χ2v) is 5.13. The minimum Gasteiger partial charge on any atom is -0.347 e. The summed E-state index contributed by atoms with van der Waals surface area (Å²) in [4.78, 5) is 11.2. The second-order valence-electron chi connectivity index (χ2n) is 5.13. The molecule has 1 N–H and O–H groups in total. The molecular formula is C15H17FN4. The molecule has 0 fully saturated rings. The highest BCUT2D eigenvalue weighted by atomic mass is 19.1. The van der Waals surface area contributed by atoms with Crippen LogP contribution < -0.4 is 10.2 Å². The molecule has 2 heterocycles. The topological polar surface area (TPSA) is 41.1 Å². The number of nitrogens with zero attached hydrogens (tertiary/aromatic N) is 3. The molecular weight excluding hydrogens is 255 g/mol. The van der Waals surface area contributed by atoms with Crippen molar-refractivity contribution in [2.24, 2.45) is 0 Å². The van der Waals surface area contributed by atoms with E-state index in [0.717, 1.165) is 42.0 Å². The number of aromatic nitrogens is 2. The summed E-state index contributed by atoms with van der Waals surface area (Å²) >= 11 is 0. The largest absolute Gasteiger partial charge is 0.347 e. The number of halogens is 1.